The molecular formula is C13H12BrNO3S2. The molecule has 0 unspecified atom stereocenters. The molecule has 7 heteroatoms. The number of rotatable bonds is 4. The van der Waals surface area contributed by atoms with Crippen molar-refractivity contribution in [1.82, 2.24) is 0 Å². The van der Waals surface area contributed by atoms with Gasteiger partial charge in [0.1, 0.15) is 5.00 Å². The number of esters is 1. The molecule has 2 aromatic rings. The highest BCUT2D eigenvalue weighted by atomic mass is 79.9. The van der Waals surface area contributed by atoms with Gasteiger partial charge in [0, 0.05) is 4.88 Å². The molecule has 20 heavy (non-hydrogen) atoms. The highest BCUT2D eigenvalue weighted by Crippen LogP contribution is 2.30. The first kappa shape index (κ1) is 15.2. The lowest BCUT2D eigenvalue weighted by Crippen LogP contribution is -2.13. The molecule has 0 aromatic carbocycles. The molecule has 2 heterocycles. The van der Waals surface area contributed by atoms with Crippen molar-refractivity contribution in [3.05, 3.63) is 37.3 Å². The fourth-order valence-corrected chi connectivity index (χ4v) is 3.74. The van der Waals surface area contributed by atoms with Crippen LogP contribution in [0, 0.1) is 6.92 Å². The van der Waals surface area contributed by atoms with Crippen LogP contribution >= 0.6 is 38.6 Å². The van der Waals surface area contributed by atoms with Crippen molar-refractivity contribution in [3.63, 3.8) is 0 Å². The first-order valence-electron chi connectivity index (χ1n) is 5.85. The maximum Gasteiger partial charge on any atom is 0.341 e. The van der Waals surface area contributed by atoms with E-state index in [2.05, 4.69) is 21.2 Å². The van der Waals surface area contributed by atoms with E-state index in [9.17, 15) is 9.59 Å². The van der Waals surface area contributed by atoms with E-state index in [4.69, 9.17) is 4.74 Å². The van der Waals surface area contributed by atoms with Gasteiger partial charge < -0.3 is 10.1 Å². The van der Waals surface area contributed by atoms with E-state index in [0.29, 0.717) is 22.0 Å². The van der Waals surface area contributed by atoms with Gasteiger partial charge in [0.15, 0.2) is 0 Å². The number of anilines is 1. The lowest BCUT2D eigenvalue weighted by Gasteiger charge is -2.04. The van der Waals surface area contributed by atoms with Crippen LogP contribution in [0.3, 0.4) is 0 Å². The predicted octanol–water partition coefficient (Wildman–Crippen LogP) is 4.31. The van der Waals surface area contributed by atoms with Crippen LogP contribution in [0.5, 0.6) is 0 Å². The first-order chi connectivity index (χ1) is 9.51. The van der Waals surface area contributed by atoms with Crippen LogP contribution in [0.4, 0.5) is 5.00 Å². The highest BCUT2D eigenvalue weighted by molar-refractivity contribution is 9.11. The SMILES string of the molecule is CCOC(=O)c1cc(C)sc1NC(=O)c1ccc(Br)s1. The molecule has 0 saturated heterocycles. The summed E-state index contributed by atoms with van der Waals surface area (Å²) in [6, 6.07) is 5.27. The number of carbonyl (C=O) groups excluding carboxylic acids is 2. The third kappa shape index (κ3) is 3.47. The van der Waals surface area contributed by atoms with Crippen LogP contribution in [0.25, 0.3) is 0 Å². The van der Waals surface area contributed by atoms with Gasteiger partial charge in [-0.2, -0.15) is 0 Å². The molecule has 2 aromatic heterocycles. The quantitative estimate of drug-likeness (QED) is 0.812. The Kier molecular flexibility index (Phi) is 4.95. The number of hydrogen-bond acceptors (Lipinski definition) is 5. The van der Waals surface area contributed by atoms with Crippen LogP contribution in [-0.4, -0.2) is 18.5 Å². The monoisotopic (exact) mass is 373 g/mol. The summed E-state index contributed by atoms with van der Waals surface area (Å²) in [5.41, 5.74) is 0.401. The molecule has 0 radical (unpaired) electrons. The molecule has 0 fully saturated rings. The summed E-state index contributed by atoms with van der Waals surface area (Å²) in [5, 5.41) is 3.29. The van der Waals surface area contributed by atoms with Crippen molar-refractivity contribution in [3.8, 4) is 0 Å². The smallest absolute Gasteiger partial charge is 0.341 e. The zero-order chi connectivity index (χ0) is 14.7. The van der Waals surface area contributed by atoms with Gasteiger partial charge in [-0.3, -0.25) is 4.79 Å². The molecule has 1 amide bonds. The number of thiophene rings is 2. The Morgan fingerprint density at radius 2 is 2.10 bits per heavy atom. The van der Waals surface area contributed by atoms with Crippen LogP contribution in [0.2, 0.25) is 0 Å². The predicted molar refractivity (Wildman–Crippen MR) is 85.0 cm³/mol. The van der Waals surface area contributed by atoms with E-state index in [1.165, 1.54) is 22.7 Å². The summed E-state index contributed by atoms with van der Waals surface area (Å²) < 4.78 is 5.87. The molecule has 4 nitrogen and oxygen atoms in total. The lowest BCUT2D eigenvalue weighted by molar-refractivity contribution is 0.0528. The third-order valence-corrected chi connectivity index (χ3v) is 4.96. The molecule has 0 saturated carbocycles. The van der Waals surface area contributed by atoms with Crippen molar-refractivity contribution in [2.45, 2.75) is 13.8 Å². The molecule has 2 rings (SSSR count). The van der Waals surface area contributed by atoms with E-state index < -0.39 is 5.97 Å². The maximum absolute atomic E-state index is 12.1. The van der Waals surface area contributed by atoms with Gasteiger partial charge >= 0.3 is 5.97 Å². The Hall–Kier alpha value is -1.18. The van der Waals surface area contributed by atoms with Crippen molar-refractivity contribution in [1.29, 1.82) is 0 Å². The topological polar surface area (TPSA) is 55.4 Å². The fourth-order valence-electron chi connectivity index (χ4n) is 1.57. The van der Waals surface area contributed by atoms with Crippen LogP contribution in [0.1, 0.15) is 31.8 Å². The number of carbonyl (C=O) groups is 2. The third-order valence-electron chi connectivity index (χ3n) is 2.37. The molecule has 0 bridgehead atoms. The van der Waals surface area contributed by atoms with Gasteiger partial charge in [-0.25, -0.2) is 4.79 Å². The molecule has 0 aliphatic carbocycles. The van der Waals surface area contributed by atoms with Gasteiger partial charge in [0.2, 0.25) is 0 Å². The van der Waals surface area contributed by atoms with Gasteiger partial charge in [-0.15, -0.1) is 22.7 Å². The fraction of sp³-hybridized carbons (Fsp3) is 0.231. The van der Waals surface area contributed by atoms with Crippen LogP contribution in [-0.2, 0) is 4.74 Å². The number of nitrogens with one attached hydrogen (secondary N) is 1. The summed E-state index contributed by atoms with van der Waals surface area (Å²) in [6.07, 6.45) is 0. The van der Waals surface area contributed by atoms with Crippen molar-refractivity contribution >= 4 is 55.5 Å². The molecule has 0 aliphatic rings. The first-order valence-corrected chi connectivity index (χ1v) is 8.28. The van der Waals surface area contributed by atoms with Crippen LogP contribution < -0.4 is 5.32 Å². The van der Waals surface area contributed by atoms with E-state index in [1.807, 2.05) is 13.0 Å². The highest BCUT2D eigenvalue weighted by Gasteiger charge is 2.19. The molecule has 0 aliphatic heterocycles. The second-order valence-corrected chi connectivity index (χ2v) is 7.60. The number of amides is 1. The Morgan fingerprint density at radius 1 is 1.35 bits per heavy atom. The van der Waals surface area contributed by atoms with E-state index >= 15 is 0 Å². The van der Waals surface area contributed by atoms with E-state index in [-0.39, 0.29) is 5.91 Å². The number of aryl methyl sites for hydroxylation is 1. The minimum Gasteiger partial charge on any atom is -0.462 e. The lowest BCUT2D eigenvalue weighted by atomic mass is 10.3. The summed E-state index contributed by atoms with van der Waals surface area (Å²) in [5.74, 6) is -0.646. The Balaban J connectivity index is 2.21. The molecule has 106 valence electrons. The van der Waals surface area contributed by atoms with Crippen LogP contribution in [0.15, 0.2) is 22.0 Å². The van der Waals surface area contributed by atoms with E-state index in [0.717, 1.165) is 8.66 Å². The Morgan fingerprint density at radius 3 is 2.70 bits per heavy atom. The Labute approximate surface area is 132 Å². The molecule has 0 atom stereocenters. The van der Waals surface area contributed by atoms with E-state index in [1.54, 1.807) is 19.1 Å². The maximum atomic E-state index is 12.1. The largest absolute Gasteiger partial charge is 0.462 e. The number of ether oxygens (including phenoxy) is 1. The van der Waals surface area contributed by atoms with Gasteiger partial charge in [-0.1, -0.05) is 0 Å². The molecule has 1 N–H and O–H groups in total. The normalized spacial score (nSPS) is 10.3. The van der Waals surface area contributed by atoms with Crippen molar-refractivity contribution in [2.24, 2.45) is 0 Å². The number of halogens is 1. The van der Waals surface area contributed by atoms with Gasteiger partial charge in [-0.05, 0) is 48.0 Å². The zero-order valence-electron chi connectivity index (χ0n) is 10.9. The summed E-state index contributed by atoms with van der Waals surface area (Å²) in [4.78, 5) is 25.5. The standard InChI is InChI=1S/C13H12BrNO3S2/c1-3-18-13(17)8-6-7(2)19-12(8)15-11(16)9-4-5-10(14)20-9/h4-6H,3H2,1-2H3,(H,15,16). The Bertz CT molecular complexity index is 648. The van der Waals surface area contributed by atoms with Crippen molar-refractivity contribution in [2.75, 3.05) is 11.9 Å². The average Bonchev–Trinajstić information content (AvgIpc) is 2.96. The molecular weight excluding hydrogens is 362 g/mol. The minimum absolute atomic E-state index is 0.229. The zero-order valence-corrected chi connectivity index (χ0v) is 14.1. The minimum atomic E-state index is -0.417. The summed E-state index contributed by atoms with van der Waals surface area (Å²) >= 11 is 6.01. The second-order valence-electron chi connectivity index (χ2n) is 3.88. The average molecular weight is 374 g/mol. The summed E-state index contributed by atoms with van der Waals surface area (Å²) in [6.45, 7) is 3.93. The number of hydrogen-bond donors (Lipinski definition) is 1. The van der Waals surface area contributed by atoms with Crippen molar-refractivity contribution < 1.29 is 14.3 Å². The summed E-state index contributed by atoms with van der Waals surface area (Å²) in [7, 11) is 0. The van der Waals surface area contributed by atoms with Gasteiger partial charge in [0.25, 0.3) is 5.91 Å². The van der Waals surface area contributed by atoms with Gasteiger partial charge in [0.05, 0.1) is 20.8 Å². The second kappa shape index (κ2) is 6.51. The molecule has 0 spiro atoms.